The van der Waals surface area contributed by atoms with E-state index in [9.17, 15) is 0 Å². The van der Waals surface area contributed by atoms with E-state index in [0.717, 1.165) is 11.3 Å². The molecule has 3 heteroatoms. The van der Waals surface area contributed by atoms with Crippen molar-refractivity contribution in [2.45, 2.75) is 135 Å². The zero-order chi connectivity index (χ0) is 30.2. The molecule has 0 bridgehead atoms. The fourth-order valence-electron chi connectivity index (χ4n) is 7.78. The van der Waals surface area contributed by atoms with E-state index < -0.39 is 0 Å². The third-order valence-corrected chi connectivity index (χ3v) is 13.3. The van der Waals surface area contributed by atoms with Crippen LogP contribution < -0.4 is 5.30 Å². The summed E-state index contributed by atoms with van der Waals surface area (Å²) >= 11 is 2.22. The first kappa shape index (κ1) is 33.9. The molecular formula is C39H53ClPPd. The molecule has 0 aliphatic heterocycles. The monoisotopic (exact) mass is 693 g/mol. The molecule has 0 atom stereocenters. The van der Waals surface area contributed by atoms with Crippen LogP contribution in [0, 0.1) is 0 Å². The van der Waals surface area contributed by atoms with Gasteiger partial charge in [-0.2, -0.15) is 0 Å². The Bertz CT molecular complexity index is 1230. The van der Waals surface area contributed by atoms with Gasteiger partial charge in [0.1, 0.15) is 0 Å². The molecule has 0 nitrogen and oxygen atoms in total. The second kappa shape index (κ2) is 16.4. The third kappa shape index (κ3) is 7.63. The number of hydrogen-bond acceptors (Lipinski definition) is 0. The van der Waals surface area contributed by atoms with Crippen molar-refractivity contribution in [1.29, 1.82) is 0 Å². The number of rotatable bonds is 8. The summed E-state index contributed by atoms with van der Waals surface area (Å²) in [5.41, 5.74) is 12.5. The van der Waals surface area contributed by atoms with Gasteiger partial charge in [-0.25, -0.2) is 0 Å². The standard InChI is InChI=1S/C39H53P.ClH.Pd/c1-27(2)34-26-35(28(3)4)39(37(29(5)6)38(34)30-18-10-7-11-19-30)33-24-16-17-25-36(33)40(31-20-12-8-13-21-31)32-22-14-9-15-23-32;;/h7,10-11,16-19,24-29,31-32H,8-9,12-15,20-23H2,1-6H3;1H;/q;;+1/p-1. The molecule has 0 aromatic heterocycles. The Morgan fingerprint density at radius 1 is 0.595 bits per heavy atom. The molecule has 2 aliphatic rings. The molecule has 231 valence electrons. The van der Waals surface area contributed by atoms with E-state index in [2.05, 4.69) is 130 Å². The molecule has 42 heavy (non-hydrogen) atoms. The van der Waals surface area contributed by atoms with Crippen LogP contribution in [-0.4, -0.2) is 11.3 Å². The van der Waals surface area contributed by atoms with Crippen LogP contribution in [0.2, 0.25) is 0 Å². The molecule has 3 aromatic rings. The Morgan fingerprint density at radius 2 is 1.07 bits per heavy atom. The van der Waals surface area contributed by atoms with Gasteiger partial charge in [-0.1, -0.05) is 149 Å². The van der Waals surface area contributed by atoms with E-state index >= 15 is 0 Å². The van der Waals surface area contributed by atoms with E-state index in [0.29, 0.717) is 17.8 Å². The van der Waals surface area contributed by atoms with Crippen LogP contribution >= 0.6 is 17.5 Å². The van der Waals surface area contributed by atoms with Crippen molar-refractivity contribution < 1.29 is 18.2 Å². The third-order valence-electron chi connectivity index (χ3n) is 9.70. The van der Waals surface area contributed by atoms with E-state index in [4.69, 9.17) is 0 Å². The zero-order valence-electron chi connectivity index (χ0n) is 26.9. The Labute approximate surface area is 274 Å². The van der Waals surface area contributed by atoms with Crippen LogP contribution in [0.15, 0.2) is 60.7 Å². The fraction of sp³-hybridized carbons (Fsp3) is 0.538. The fourth-order valence-corrected chi connectivity index (χ4v) is 11.7. The summed E-state index contributed by atoms with van der Waals surface area (Å²) < 4.78 is 0. The van der Waals surface area contributed by atoms with Crippen molar-refractivity contribution in [2.75, 3.05) is 0 Å². The number of hydrogen-bond donors (Lipinski definition) is 0. The summed E-state index contributed by atoms with van der Waals surface area (Å²) in [6.07, 6.45) is 14.4. The molecule has 0 unspecified atom stereocenters. The molecule has 0 N–H and O–H groups in total. The second-order valence-corrected chi connectivity index (χ2v) is 16.3. The maximum absolute atomic E-state index is 4.49. The van der Waals surface area contributed by atoms with Crippen LogP contribution in [-0.2, 0) is 18.2 Å². The van der Waals surface area contributed by atoms with Gasteiger partial charge < -0.3 is 0 Å². The molecule has 0 radical (unpaired) electrons. The van der Waals surface area contributed by atoms with Gasteiger partial charge >= 0.3 is 27.7 Å². The zero-order valence-corrected chi connectivity index (χ0v) is 30.1. The van der Waals surface area contributed by atoms with Crippen LogP contribution in [0.3, 0.4) is 0 Å². The van der Waals surface area contributed by atoms with Gasteiger partial charge in [-0.3, -0.25) is 0 Å². The predicted molar refractivity (Wildman–Crippen MR) is 186 cm³/mol. The van der Waals surface area contributed by atoms with Gasteiger partial charge in [0.15, 0.2) is 0 Å². The van der Waals surface area contributed by atoms with Crippen LogP contribution in [0.1, 0.15) is 140 Å². The Kier molecular flexibility index (Phi) is 13.2. The van der Waals surface area contributed by atoms with Crippen molar-refractivity contribution in [3.8, 4) is 22.3 Å². The normalized spacial score (nSPS) is 16.8. The summed E-state index contributed by atoms with van der Waals surface area (Å²) in [5.74, 6) is 1.42. The molecule has 0 heterocycles. The van der Waals surface area contributed by atoms with E-state index in [1.54, 1.807) is 27.6 Å². The summed E-state index contributed by atoms with van der Waals surface area (Å²) in [6.45, 7) is 14.5. The maximum atomic E-state index is 4.49. The quantitative estimate of drug-likeness (QED) is 0.163. The van der Waals surface area contributed by atoms with Crippen molar-refractivity contribution >= 4 is 22.8 Å². The van der Waals surface area contributed by atoms with Crippen molar-refractivity contribution in [3.63, 3.8) is 0 Å². The summed E-state index contributed by atoms with van der Waals surface area (Å²) in [4.78, 5) is 0. The molecule has 3 aromatic carbocycles. The van der Waals surface area contributed by atoms with E-state index in [1.165, 1.54) is 80.9 Å². The molecule has 2 aliphatic carbocycles. The average Bonchev–Trinajstić information content (AvgIpc) is 3.02. The van der Waals surface area contributed by atoms with E-state index in [1.807, 2.05) is 0 Å². The summed E-state index contributed by atoms with van der Waals surface area (Å²) in [5, 5.41) is 1.73. The van der Waals surface area contributed by atoms with Gasteiger partial charge in [0.25, 0.3) is 0 Å². The average molecular weight is 695 g/mol. The first-order valence-corrected chi connectivity index (χ1v) is 20.1. The Hall–Kier alpha value is -0.958. The second-order valence-electron chi connectivity index (χ2n) is 13.6. The Balaban J connectivity index is 0.00000198. The van der Waals surface area contributed by atoms with Crippen LogP contribution in [0.25, 0.3) is 22.3 Å². The van der Waals surface area contributed by atoms with Crippen LogP contribution in [0.5, 0.6) is 0 Å². The Morgan fingerprint density at radius 3 is 1.57 bits per heavy atom. The molecule has 2 fully saturated rings. The summed E-state index contributed by atoms with van der Waals surface area (Å²) in [6, 6.07) is 23.7. The molecule has 5 rings (SSSR count). The molecular weight excluding hydrogens is 641 g/mol. The van der Waals surface area contributed by atoms with Crippen molar-refractivity contribution in [2.24, 2.45) is 0 Å². The minimum atomic E-state index is -0.184. The predicted octanol–water partition coefficient (Wildman–Crippen LogP) is 12.9. The molecule has 0 saturated heterocycles. The van der Waals surface area contributed by atoms with Crippen molar-refractivity contribution in [3.05, 3.63) is 77.4 Å². The van der Waals surface area contributed by atoms with Gasteiger partial charge in [0, 0.05) is 0 Å². The van der Waals surface area contributed by atoms with E-state index in [-0.39, 0.29) is 7.92 Å². The summed E-state index contributed by atoms with van der Waals surface area (Å²) in [7, 11) is 4.31. The SMILES string of the molecule is CC(C)c1cc(C(C)C)c(-c2ccccc2P(C2CCCCC2)C2CCCCC2)c(C(C)C)c1-c1ccccc1.[Cl][Pd]. The van der Waals surface area contributed by atoms with Crippen molar-refractivity contribution in [1.82, 2.24) is 0 Å². The topological polar surface area (TPSA) is 0 Å². The minimum absolute atomic E-state index is 0.184. The number of halogens is 1. The number of benzene rings is 3. The first-order chi connectivity index (χ1) is 20.4. The van der Waals surface area contributed by atoms with Gasteiger partial charge in [0.2, 0.25) is 0 Å². The van der Waals surface area contributed by atoms with Gasteiger partial charge in [-0.15, -0.1) is 0 Å². The first-order valence-electron chi connectivity index (χ1n) is 16.6. The molecule has 2 saturated carbocycles. The van der Waals surface area contributed by atoms with Crippen LogP contribution in [0.4, 0.5) is 0 Å². The molecule has 0 spiro atoms. The van der Waals surface area contributed by atoms with Gasteiger partial charge in [0.05, 0.1) is 0 Å². The van der Waals surface area contributed by atoms with Gasteiger partial charge in [-0.05, 0) is 99.0 Å². The molecule has 0 amide bonds.